The predicted octanol–water partition coefficient (Wildman–Crippen LogP) is 6.06. The fourth-order valence-corrected chi connectivity index (χ4v) is 5.52. The summed E-state index contributed by atoms with van der Waals surface area (Å²) in [7, 11) is 0. The van der Waals surface area contributed by atoms with Crippen molar-refractivity contribution < 1.29 is 22.4 Å². The molecule has 1 saturated carbocycles. The van der Waals surface area contributed by atoms with Crippen molar-refractivity contribution in [2.24, 2.45) is 11.7 Å². The van der Waals surface area contributed by atoms with Gasteiger partial charge in [-0.2, -0.15) is 13.2 Å². The van der Waals surface area contributed by atoms with Crippen LogP contribution >= 0.6 is 11.3 Å². The number of thiazole rings is 1. The highest BCUT2D eigenvalue weighted by Crippen LogP contribution is 2.39. The van der Waals surface area contributed by atoms with E-state index in [1.54, 1.807) is 25.4 Å². The van der Waals surface area contributed by atoms with Gasteiger partial charge in [0.1, 0.15) is 10.8 Å². The first-order valence-electron chi connectivity index (χ1n) is 12.9. The maximum atomic E-state index is 13.3. The number of urea groups is 1. The van der Waals surface area contributed by atoms with E-state index in [1.165, 1.54) is 18.7 Å². The fraction of sp³-hybridized carbons (Fsp3) is 0.385. The number of amides is 2. The number of pyridine rings is 2. The molecule has 40 heavy (non-hydrogen) atoms. The van der Waals surface area contributed by atoms with E-state index in [0.29, 0.717) is 34.7 Å². The third kappa shape index (κ3) is 6.12. The van der Waals surface area contributed by atoms with E-state index in [4.69, 9.17) is 10.2 Å². The Kier molecular flexibility index (Phi) is 8.07. The standard InChI is InChI=1S/C26H27F3N8O2S/c1-2-32-25(38)35-20-9-17(24-34-19(13-40-24)26(27,28)29)18(12-33-20)15-8-16(11-31-10-15)22-36-37-23(39-22)21(30)14-6-4-3-5-7-14/h8-14,21H,2-7,30H2,1H3,(H2,32,33,35,38)/t21-/m0/s1. The SMILES string of the molecule is CCNC(=O)Nc1cc(-c2nc(C(F)(F)F)cs2)c(-c2cncc(-c3nnc([C@@H](N)C4CCCCC4)o3)c2)cn1. The highest BCUT2D eigenvalue weighted by molar-refractivity contribution is 7.13. The lowest BCUT2D eigenvalue weighted by Crippen LogP contribution is -2.28. The summed E-state index contributed by atoms with van der Waals surface area (Å²) in [5, 5.41) is 14.6. The third-order valence-corrected chi connectivity index (χ3v) is 7.56. The molecule has 1 atom stereocenters. The van der Waals surface area contributed by atoms with Crippen molar-refractivity contribution in [2.45, 2.75) is 51.2 Å². The number of nitrogens with one attached hydrogen (secondary N) is 2. The minimum Gasteiger partial charge on any atom is -0.419 e. The van der Waals surface area contributed by atoms with Crippen LogP contribution in [0.3, 0.4) is 0 Å². The number of carbonyl (C=O) groups excluding carboxylic acids is 1. The van der Waals surface area contributed by atoms with Gasteiger partial charge in [0.15, 0.2) is 5.69 Å². The number of rotatable bonds is 7. The molecule has 0 aromatic carbocycles. The van der Waals surface area contributed by atoms with Gasteiger partial charge in [-0.3, -0.25) is 10.3 Å². The van der Waals surface area contributed by atoms with Crippen molar-refractivity contribution in [2.75, 3.05) is 11.9 Å². The second-order valence-corrected chi connectivity index (χ2v) is 10.3. The van der Waals surface area contributed by atoms with Gasteiger partial charge in [0.05, 0.1) is 11.6 Å². The summed E-state index contributed by atoms with van der Waals surface area (Å²) in [6, 6.07) is 2.35. The molecular weight excluding hydrogens is 545 g/mol. The van der Waals surface area contributed by atoms with Crippen LogP contribution in [0, 0.1) is 5.92 Å². The molecule has 0 radical (unpaired) electrons. The molecular formula is C26H27F3N8O2S. The normalized spacial score (nSPS) is 15.1. The zero-order valence-electron chi connectivity index (χ0n) is 21.5. The second kappa shape index (κ2) is 11.7. The molecule has 0 aliphatic heterocycles. The molecule has 4 heterocycles. The molecule has 4 aromatic heterocycles. The summed E-state index contributed by atoms with van der Waals surface area (Å²) < 4.78 is 45.9. The molecule has 0 unspecified atom stereocenters. The number of hydrogen-bond donors (Lipinski definition) is 3. The van der Waals surface area contributed by atoms with Crippen LogP contribution in [0.5, 0.6) is 0 Å². The summed E-state index contributed by atoms with van der Waals surface area (Å²) in [4.78, 5) is 24.4. The van der Waals surface area contributed by atoms with Gasteiger partial charge in [-0.1, -0.05) is 19.3 Å². The number of nitrogens with two attached hydrogens (primary N) is 1. The Labute approximate surface area is 231 Å². The maximum absolute atomic E-state index is 13.3. The monoisotopic (exact) mass is 572 g/mol. The van der Waals surface area contributed by atoms with Crippen LogP contribution in [-0.4, -0.2) is 37.7 Å². The van der Waals surface area contributed by atoms with E-state index in [1.807, 2.05) is 0 Å². The van der Waals surface area contributed by atoms with Crippen LogP contribution in [-0.2, 0) is 6.18 Å². The quantitative estimate of drug-likeness (QED) is 0.242. The van der Waals surface area contributed by atoms with Crippen LogP contribution in [0.1, 0.15) is 56.7 Å². The van der Waals surface area contributed by atoms with Crippen molar-refractivity contribution in [1.82, 2.24) is 30.5 Å². The minimum absolute atomic E-state index is 0.104. The van der Waals surface area contributed by atoms with Crippen LogP contribution in [0.25, 0.3) is 33.2 Å². The molecule has 2 amide bonds. The molecule has 1 aliphatic carbocycles. The molecule has 0 bridgehead atoms. The average Bonchev–Trinajstić information content (AvgIpc) is 3.64. The number of halogens is 3. The molecule has 14 heteroatoms. The molecule has 10 nitrogen and oxygen atoms in total. The Morgan fingerprint density at radius 1 is 1.12 bits per heavy atom. The Balaban J connectivity index is 1.49. The summed E-state index contributed by atoms with van der Waals surface area (Å²) in [5.74, 6) is 1.02. The number of carbonyl (C=O) groups is 1. The Morgan fingerprint density at radius 3 is 2.62 bits per heavy atom. The van der Waals surface area contributed by atoms with Gasteiger partial charge in [-0.05, 0) is 37.8 Å². The summed E-state index contributed by atoms with van der Waals surface area (Å²) in [6.45, 7) is 2.14. The van der Waals surface area contributed by atoms with E-state index < -0.39 is 17.9 Å². The van der Waals surface area contributed by atoms with Crippen molar-refractivity contribution in [1.29, 1.82) is 0 Å². The van der Waals surface area contributed by atoms with Crippen LogP contribution in [0.4, 0.5) is 23.8 Å². The van der Waals surface area contributed by atoms with Gasteiger partial charge in [0, 0.05) is 47.2 Å². The van der Waals surface area contributed by atoms with Crippen molar-refractivity contribution in [3.05, 3.63) is 47.7 Å². The van der Waals surface area contributed by atoms with Gasteiger partial charge in [0.25, 0.3) is 0 Å². The van der Waals surface area contributed by atoms with Gasteiger partial charge in [-0.15, -0.1) is 21.5 Å². The first-order chi connectivity index (χ1) is 19.2. The number of anilines is 1. The Morgan fingerprint density at radius 2 is 1.90 bits per heavy atom. The van der Waals surface area contributed by atoms with Gasteiger partial charge < -0.3 is 15.5 Å². The van der Waals surface area contributed by atoms with Crippen molar-refractivity contribution in [3.63, 3.8) is 0 Å². The summed E-state index contributed by atoms with van der Waals surface area (Å²) in [5.41, 5.74) is 7.26. The van der Waals surface area contributed by atoms with Crippen LogP contribution in [0.2, 0.25) is 0 Å². The molecule has 4 N–H and O–H groups in total. The second-order valence-electron chi connectivity index (χ2n) is 9.47. The van der Waals surface area contributed by atoms with Gasteiger partial charge >= 0.3 is 12.2 Å². The summed E-state index contributed by atoms with van der Waals surface area (Å²) >= 11 is 0.834. The van der Waals surface area contributed by atoms with Crippen molar-refractivity contribution >= 4 is 23.2 Å². The molecule has 5 rings (SSSR count). The van der Waals surface area contributed by atoms with Crippen LogP contribution < -0.4 is 16.4 Å². The largest absolute Gasteiger partial charge is 0.434 e. The first-order valence-corrected chi connectivity index (χ1v) is 13.7. The lowest BCUT2D eigenvalue weighted by molar-refractivity contribution is -0.140. The zero-order chi connectivity index (χ0) is 28.3. The highest BCUT2D eigenvalue weighted by atomic mass is 32.1. The molecule has 0 saturated heterocycles. The van der Waals surface area contributed by atoms with E-state index in [2.05, 4.69) is 35.8 Å². The number of aromatic nitrogens is 5. The van der Waals surface area contributed by atoms with Crippen molar-refractivity contribution in [3.8, 4) is 33.2 Å². The van der Waals surface area contributed by atoms with E-state index in [-0.39, 0.29) is 28.7 Å². The first kappa shape index (κ1) is 27.6. The predicted molar refractivity (Wildman–Crippen MR) is 143 cm³/mol. The van der Waals surface area contributed by atoms with E-state index >= 15 is 0 Å². The zero-order valence-corrected chi connectivity index (χ0v) is 22.3. The van der Waals surface area contributed by atoms with E-state index in [9.17, 15) is 18.0 Å². The topological polar surface area (TPSA) is 145 Å². The van der Waals surface area contributed by atoms with Gasteiger partial charge in [-0.25, -0.2) is 14.8 Å². The molecule has 210 valence electrons. The molecule has 1 fully saturated rings. The molecule has 0 spiro atoms. The fourth-order valence-electron chi connectivity index (χ4n) is 4.66. The molecule has 1 aliphatic rings. The lowest BCUT2D eigenvalue weighted by Gasteiger charge is -2.24. The van der Waals surface area contributed by atoms with Gasteiger partial charge in [0.2, 0.25) is 11.8 Å². The minimum atomic E-state index is -4.60. The lowest BCUT2D eigenvalue weighted by atomic mass is 9.84. The number of hydrogen-bond acceptors (Lipinski definition) is 9. The highest BCUT2D eigenvalue weighted by Gasteiger charge is 2.34. The Hall–Kier alpha value is -3.91. The Bertz CT molecular complexity index is 1480. The molecule has 4 aromatic rings. The smallest absolute Gasteiger partial charge is 0.419 e. The maximum Gasteiger partial charge on any atom is 0.434 e. The van der Waals surface area contributed by atoms with E-state index in [0.717, 1.165) is 42.4 Å². The third-order valence-electron chi connectivity index (χ3n) is 6.69. The number of nitrogens with zero attached hydrogens (tertiary/aromatic N) is 5. The summed E-state index contributed by atoms with van der Waals surface area (Å²) in [6.07, 6.45) is 5.44. The average molecular weight is 573 g/mol. The van der Waals surface area contributed by atoms with Crippen LogP contribution in [0.15, 0.2) is 40.5 Å². The number of alkyl halides is 3.